The summed E-state index contributed by atoms with van der Waals surface area (Å²) in [5, 5.41) is 11.8. The van der Waals surface area contributed by atoms with Gasteiger partial charge in [0.05, 0.1) is 8.95 Å². The van der Waals surface area contributed by atoms with Crippen molar-refractivity contribution in [2.24, 2.45) is 0 Å². The van der Waals surface area contributed by atoms with Crippen LogP contribution < -0.4 is 10.1 Å². The summed E-state index contributed by atoms with van der Waals surface area (Å²) in [6.07, 6.45) is 1.45. The number of hydrogen-bond donors (Lipinski definition) is 2. The summed E-state index contributed by atoms with van der Waals surface area (Å²) in [4.78, 5) is 35.5. The maximum atomic E-state index is 12.2. The second kappa shape index (κ2) is 8.98. The van der Waals surface area contributed by atoms with Gasteiger partial charge in [-0.25, -0.2) is 9.69 Å². The second-order valence-electron chi connectivity index (χ2n) is 5.97. The molecule has 0 spiro atoms. The minimum atomic E-state index is -1.28. The molecule has 1 aliphatic heterocycles. The van der Waals surface area contributed by atoms with E-state index in [-0.39, 0.29) is 12.3 Å². The van der Waals surface area contributed by atoms with Gasteiger partial charge in [-0.3, -0.25) is 9.59 Å². The van der Waals surface area contributed by atoms with Gasteiger partial charge in [0.2, 0.25) is 0 Å². The third-order valence-electron chi connectivity index (χ3n) is 3.92. The first kappa shape index (κ1) is 21.4. The minimum absolute atomic E-state index is 0.0141. The maximum Gasteiger partial charge on any atom is 0.329 e. The minimum Gasteiger partial charge on any atom is -0.486 e. The van der Waals surface area contributed by atoms with Crippen LogP contribution in [0.4, 0.5) is 4.79 Å². The van der Waals surface area contributed by atoms with E-state index < -0.39 is 24.5 Å². The molecule has 10 heteroatoms. The van der Waals surface area contributed by atoms with Crippen LogP contribution in [0.3, 0.4) is 0 Å². The topological polar surface area (TPSA) is 95.9 Å². The van der Waals surface area contributed by atoms with Crippen LogP contribution in [0.1, 0.15) is 11.1 Å². The number of carboxylic acids is 1. The summed E-state index contributed by atoms with van der Waals surface area (Å²) >= 11 is 13.0. The lowest BCUT2D eigenvalue weighted by Crippen LogP contribution is -2.35. The molecule has 1 aliphatic rings. The smallest absolute Gasteiger partial charge is 0.329 e. The number of carbonyl (C=O) groups excluding carboxylic acids is 2. The Hall–Kier alpha value is -2.36. The van der Waals surface area contributed by atoms with E-state index in [9.17, 15) is 14.4 Å². The Morgan fingerprint density at radius 3 is 2.48 bits per heavy atom. The number of ether oxygens (including phenoxy) is 1. The van der Waals surface area contributed by atoms with Crippen molar-refractivity contribution in [3.63, 3.8) is 0 Å². The highest BCUT2D eigenvalue weighted by Crippen LogP contribution is 2.36. The lowest BCUT2D eigenvalue weighted by Gasteiger charge is -2.12. The van der Waals surface area contributed by atoms with E-state index in [0.29, 0.717) is 30.2 Å². The Morgan fingerprint density at radius 2 is 1.86 bits per heavy atom. The van der Waals surface area contributed by atoms with E-state index in [1.807, 2.05) is 18.2 Å². The first-order valence-corrected chi connectivity index (χ1v) is 10.1. The number of nitrogens with one attached hydrogen (secondary N) is 1. The molecule has 29 heavy (non-hydrogen) atoms. The average Bonchev–Trinajstić information content (AvgIpc) is 2.89. The molecule has 3 rings (SSSR count). The van der Waals surface area contributed by atoms with Gasteiger partial charge in [-0.05, 0) is 61.7 Å². The summed E-state index contributed by atoms with van der Waals surface area (Å²) in [6.45, 7) is -0.444. The molecule has 7 nitrogen and oxygen atoms in total. The summed E-state index contributed by atoms with van der Waals surface area (Å²) in [7, 11) is 0. The summed E-state index contributed by atoms with van der Waals surface area (Å²) in [6, 6.07) is 9.98. The fourth-order valence-corrected chi connectivity index (χ4v) is 4.22. The first-order chi connectivity index (χ1) is 13.8. The van der Waals surface area contributed by atoms with Crippen LogP contribution in [0.15, 0.2) is 51.0 Å². The summed E-state index contributed by atoms with van der Waals surface area (Å²) < 4.78 is 7.08. The third kappa shape index (κ3) is 4.98. The van der Waals surface area contributed by atoms with E-state index in [0.717, 1.165) is 5.56 Å². The van der Waals surface area contributed by atoms with Crippen LogP contribution in [0.25, 0.3) is 6.08 Å². The van der Waals surface area contributed by atoms with Gasteiger partial charge in [-0.15, -0.1) is 0 Å². The fourth-order valence-electron chi connectivity index (χ4n) is 2.58. The van der Waals surface area contributed by atoms with Crippen LogP contribution in [-0.4, -0.2) is 34.5 Å². The van der Waals surface area contributed by atoms with Gasteiger partial charge >= 0.3 is 12.0 Å². The molecule has 0 radical (unpaired) electrons. The predicted octanol–water partition coefficient (Wildman–Crippen LogP) is 4.42. The Balaban J connectivity index is 1.80. The molecule has 1 fully saturated rings. The molecular weight excluding hydrogens is 531 g/mol. The molecule has 1 saturated heterocycles. The number of benzene rings is 2. The number of nitrogens with zero attached hydrogens (tertiary/aromatic N) is 1. The zero-order valence-electron chi connectivity index (χ0n) is 14.6. The number of rotatable bonds is 6. The maximum absolute atomic E-state index is 12.2. The molecular formula is C19H13Br2ClN2O5. The number of carboxylic acid groups (broad SMARTS) is 1. The van der Waals surface area contributed by atoms with Crippen molar-refractivity contribution >= 4 is 67.4 Å². The zero-order chi connectivity index (χ0) is 21.1. The molecule has 2 aromatic carbocycles. The number of carbonyl (C=O) groups is 3. The SMILES string of the molecule is O=C(O)CN1C(=O)N/C(=C/c2cc(Br)c(OCc3ccccc3Cl)c(Br)c2)C1=O. The highest BCUT2D eigenvalue weighted by Gasteiger charge is 2.34. The van der Waals surface area contributed by atoms with E-state index in [1.54, 1.807) is 18.2 Å². The standard InChI is InChI=1S/C19H13Br2ClN2O5/c20-12-5-10(7-15-18(27)24(8-16(25)26)19(28)23-15)6-13(21)17(12)29-9-11-3-1-2-4-14(11)22/h1-7H,8-9H2,(H,23,28)(H,25,26)/b15-7+. The molecule has 150 valence electrons. The number of halogens is 3. The average molecular weight is 545 g/mol. The van der Waals surface area contributed by atoms with Gasteiger partial charge in [0.25, 0.3) is 5.91 Å². The molecule has 1 heterocycles. The first-order valence-electron chi connectivity index (χ1n) is 8.18. The molecule has 0 unspecified atom stereocenters. The predicted molar refractivity (Wildman–Crippen MR) is 113 cm³/mol. The molecule has 0 saturated carbocycles. The molecule has 0 bridgehead atoms. The van der Waals surface area contributed by atoms with Crippen LogP contribution in [0, 0.1) is 0 Å². The van der Waals surface area contributed by atoms with E-state index in [4.69, 9.17) is 21.4 Å². The molecule has 0 aliphatic carbocycles. The van der Waals surface area contributed by atoms with Crippen molar-refractivity contribution in [2.45, 2.75) is 6.61 Å². The Kier molecular flexibility index (Phi) is 6.61. The van der Waals surface area contributed by atoms with Crippen molar-refractivity contribution in [3.05, 3.63) is 67.2 Å². The number of imide groups is 1. The van der Waals surface area contributed by atoms with Gasteiger partial charge < -0.3 is 15.2 Å². The van der Waals surface area contributed by atoms with Crippen molar-refractivity contribution in [3.8, 4) is 5.75 Å². The highest BCUT2D eigenvalue weighted by atomic mass is 79.9. The van der Waals surface area contributed by atoms with Crippen molar-refractivity contribution in [1.29, 1.82) is 0 Å². The van der Waals surface area contributed by atoms with Crippen LogP contribution in [0.5, 0.6) is 5.75 Å². The van der Waals surface area contributed by atoms with E-state index >= 15 is 0 Å². The van der Waals surface area contributed by atoms with Gasteiger partial charge in [-0.1, -0.05) is 29.8 Å². The van der Waals surface area contributed by atoms with Crippen LogP contribution in [0.2, 0.25) is 5.02 Å². The van der Waals surface area contributed by atoms with Crippen molar-refractivity contribution in [1.82, 2.24) is 10.2 Å². The highest BCUT2D eigenvalue weighted by molar-refractivity contribution is 9.11. The Bertz CT molecular complexity index is 1020. The fraction of sp³-hybridized carbons (Fsp3) is 0.105. The molecule has 3 amide bonds. The number of aliphatic carboxylic acids is 1. The second-order valence-corrected chi connectivity index (χ2v) is 8.08. The Labute approximate surface area is 187 Å². The number of urea groups is 1. The van der Waals surface area contributed by atoms with Gasteiger partial charge in [0, 0.05) is 10.6 Å². The third-order valence-corrected chi connectivity index (χ3v) is 5.46. The molecule has 2 aromatic rings. The summed E-state index contributed by atoms with van der Waals surface area (Å²) in [5.74, 6) is -1.44. The Morgan fingerprint density at radius 1 is 1.21 bits per heavy atom. The zero-order valence-corrected chi connectivity index (χ0v) is 18.5. The summed E-state index contributed by atoms with van der Waals surface area (Å²) in [5.41, 5.74) is 1.41. The van der Waals surface area contributed by atoms with Gasteiger partial charge in [0.1, 0.15) is 24.6 Å². The normalized spacial score (nSPS) is 15.0. The van der Waals surface area contributed by atoms with Crippen LogP contribution >= 0.6 is 43.5 Å². The number of amides is 3. The van der Waals surface area contributed by atoms with E-state index in [1.165, 1.54) is 6.08 Å². The molecule has 0 aromatic heterocycles. The van der Waals surface area contributed by atoms with Gasteiger partial charge in [0.15, 0.2) is 0 Å². The van der Waals surface area contributed by atoms with Crippen LogP contribution in [-0.2, 0) is 16.2 Å². The molecule has 2 N–H and O–H groups in total. The lowest BCUT2D eigenvalue weighted by atomic mass is 10.2. The van der Waals surface area contributed by atoms with Gasteiger partial charge in [-0.2, -0.15) is 0 Å². The monoisotopic (exact) mass is 542 g/mol. The van der Waals surface area contributed by atoms with Crippen molar-refractivity contribution in [2.75, 3.05) is 6.54 Å². The lowest BCUT2D eigenvalue weighted by molar-refractivity contribution is -0.140. The van der Waals surface area contributed by atoms with Crippen molar-refractivity contribution < 1.29 is 24.2 Å². The van der Waals surface area contributed by atoms with E-state index in [2.05, 4.69) is 37.2 Å². The number of hydrogen-bond acceptors (Lipinski definition) is 4. The largest absolute Gasteiger partial charge is 0.486 e. The molecule has 0 atom stereocenters. The quantitative estimate of drug-likeness (QED) is 0.415.